The van der Waals surface area contributed by atoms with Gasteiger partial charge in [0.1, 0.15) is 5.75 Å². The number of anilines is 1. The molecule has 1 aromatic carbocycles. The van der Waals surface area contributed by atoms with E-state index in [4.69, 9.17) is 5.73 Å². The molecule has 0 unspecified atom stereocenters. The van der Waals surface area contributed by atoms with Crippen molar-refractivity contribution in [3.05, 3.63) is 18.2 Å². The van der Waals surface area contributed by atoms with Gasteiger partial charge in [-0.1, -0.05) is 6.07 Å². The van der Waals surface area contributed by atoms with Crippen molar-refractivity contribution < 1.29 is 22.7 Å². The zero-order valence-electron chi connectivity index (χ0n) is 8.17. The van der Waals surface area contributed by atoms with Crippen molar-refractivity contribution in [2.45, 2.75) is 11.1 Å². The van der Waals surface area contributed by atoms with E-state index in [0.29, 0.717) is 4.90 Å². The first-order chi connectivity index (χ1) is 7.36. The van der Waals surface area contributed by atoms with Gasteiger partial charge in [-0.25, -0.2) is 4.79 Å². The number of benzene rings is 1. The third-order valence-corrected chi connectivity index (χ3v) is 2.49. The highest BCUT2D eigenvalue weighted by Crippen LogP contribution is 2.34. The van der Waals surface area contributed by atoms with E-state index in [2.05, 4.69) is 4.74 Å². The lowest BCUT2D eigenvalue weighted by Gasteiger charge is -2.11. The lowest BCUT2D eigenvalue weighted by molar-refractivity contribution is -0.189. The number of halogens is 3. The quantitative estimate of drug-likeness (QED) is 0.379. The monoisotopic (exact) mass is 251 g/mol. The van der Waals surface area contributed by atoms with Gasteiger partial charge in [0.2, 0.25) is 0 Å². The average molecular weight is 251 g/mol. The van der Waals surface area contributed by atoms with Gasteiger partial charge in [-0.2, -0.15) is 13.2 Å². The van der Waals surface area contributed by atoms with Gasteiger partial charge in [0.15, 0.2) is 0 Å². The molecule has 0 saturated carbocycles. The summed E-state index contributed by atoms with van der Waals surface area (Å²) >= 11 is 1.11. The molecule has 0 aliphatic rings. The van der Waals surface area contributed by atoms with Crippen LogP contribution in [0.2, 0.25) is 0 Å². The smallest absolute Gasteiger partial charge is 0.419 e. The maximum absolute atomic E-state index is 12.0. The van der Waals surface area contributed by atoms with Gasteiger partial charge in [0.25, 0.3) is 0 Å². The summed E-state index contributed by atoms with van der Waals surface area (Å²) in [6, 6.07) is 4.18. The predicted octanol–water partition coefficient (Wildman–Crippen LogP) is 2.46. The summed E-state index contributed by atoms with van der Waals surface area (Å²) in [5.41, 5.74) is 5.79. The average Bonchev–Trinajstić information content (AvgIpc) is 2.16. The van der Waals surface area contributed by atoms with Crippen LogP contribution in [-0.4, -0.2) is 18.4 Å². The molecule has 0 atom stereocenters. The Hall–Kier alpha value is -1.37. The van der Waals surface area contributed by atoms with Gasteiger partial charge >= 0.3 is 12.1 Å². The number of nitrogens with two attached hydrogens (primary N) is 1. The van der Waals surface area contributed by atoms with Crippen molar-refractivity contribution in [2.75, 3.05) is 12.0 Å². The van der Waals surface area contributed by atoms with Crippen LogP contribution >= 0.6 is 11.8 Å². The van der Waals surface area contributed by atoms with Crippen LogP contribution in [0.5, 0.6) is 5.75 Å². The predicted molar refractivity (Wildman–Crippen MR) is 54.3 cm³/mol. The van der Waals surface area contributed by atoms with Crippen molar-refractivity contribution in [1.82, 2.24) is 0 Å². The van der Waals surface area contributed by atoms with Crippen LogP contribution in [0, 0.1) is 0 Å². The molecule has 0 radical (unpaired) electrons. The Bertz CT molecular complexity index is 406. The largest absolute Gasteiger partial charge is 0.491 e. The van der Waals surface area contributed by atoms with E-state index in [1.54, 1.807) is 6.26 Å². The summed E-state index contributed by atoms with van der Waals surface area (Å²) in [6.45, 7) is 0. The molecule has 0 aromatic heterocycles. The number of alkyl halides is 3. The van der Waals surface area contributed by atoms with E-state index in [0.717, 1.165) is 11.8 Å². The van der Waals surface area contributed by atoms with Crippen LogP contribution in [-0.2, 0) is 4.79 Å². The minimum Gasteiger partial charge on any atom is -0.419 e. The molecular formula is C9H8F3NO2S. The van der Waals surface area contributed by atoms with Gasteiger partial charge < -0.3 is 10.5 Å². The number of ether oxygens (including phenoxy) is 1. The molecule has 0 saturated heterocycles. The van der Waals surface area contributed by atoms with Gasteiger partial charge in [-0.15, -0.1) is 11.8 Å². The SMILES string of the molecule is CSc1c(N)cccc1OC(=O)C(F)(F)F. The number of esters is 1. The Labute approximate surface area is 93.8 Å². The molecule has 0 amide bonds. The third kappa shape index (κ3) is 2.82. The molecule has 0 aliphatic carbocycles. The van der Waals surface area contributed by atoms with Crippen LogP contribution in [0.3, 0.4) is 0 Å². The number of hydrogen-bond acceptors (Lipinski definition) is 4. The van der Waals surface area contributed by atoms with E-state index in [-0.39, 0.29) is 11.4 Å². The van der Waals surface area contributed by atoms with Gasteiger partial charge in [0.05, 0.1) is 4.90 Å². The molecule has 88 valence electrons. The second kappa shape index (κ2) is 4.65. The molecule has 0 heterocycles. The molecule has 0 fully saturated rings. The summed E-state index contributed by atoms with van der Waals surface area (Å²) in [5, 5.41) is 0. The van der Waals surface area contributed by atoms with Crippen molar-refractivity contribution in [1.29, 1.82) is 0 Å². The number of hydrogen-bond donors (Lipinski definition) is 1. The fourth-order valence-electron chi connectivity index (χ4n) is 0.989. The van der Waals surface area contributed by atoms with Crippen molar-refractivity contribution in [2.24, 2.45) is 0 Å². The summed E-state index contributed by atoms with van der Waals surface area (Å²) in [7, 11) is 0. The lowest BCUT2D eigenvalue weighted by Crippen LogP contribution is -2.28. The molecular weight excluding hydrogens is 243 g/mol. The number of rotatable bonds is 2. The molecule has 3 nitrogen and oxygen atoms in total. The Balaban J connectivity index is 2.98. The topological polar surface area (TPSA) is 52.3 Å². The Morgan fingerprint density at radius 1 is 1.44 bits per heavy atom. The van der Waals surface area contributed by atoms with Gasteiger partial charge in [-0.05, 0) is 18.4 Å². The zero-order chi connectivity index (χ0) is 12.3. The molecule has 7 heteroatoms. The van der Waals surface area contributed by atoms with Crippen molar-refractivity contribution >= 4 is 23.4 Å². The maximum atomic E-state index is 12.0. The van der Waals surface area contributed by atoms with Gasteiger partial charge in [-0.3, -0.25) is 0 Å². The summed E-state index contributed by atoms with van der Waals surface area (Å²) in [5.74, 6) is -2.44. The van der Waals surface area contributed by atoms with Crippen LogP contribution in [0.1, 0.15) is 0 Å². The summed E-state index contributed by atoms with van der Waals surface area (Å²) in [4.78, 5) is 10.9. The van der Waals surface area contributed by atoms with E-state index in [1.807, 2.05) is 0 Å². The van der Waals surface area contributed by atoms with Crippen LogP contribution in [0.15, 0.2) is 23.1 Å². The summed E-state index contributed by atoms with van der Waals surface area (Å²) in [6.07, 6.45) is -3.39. The molecule has 0 spiro atoms. The number of thioether (sulfide) groups is 1. The standard InChI is InChI=1S/C9H8F3NO2S/c1-16-7-5(13)3-2-4-6(7)15-8(14)9(10,11)12/h2-4H,13H2,1H3. The summed E-state index contributed by atoms with van der Waals surface area (Å²) < 4.78 is 40.1. The molecule has 0 bridgehead atoms. The lowest BCUT2D eigenvalue weighted by atomic mass is 10.3. The Morgan fingerprint density at radius 3 is 2.56 bits per heavy atom. The first-order valence-corrected chi connectivity index (χ1v) is 5.30. The second-order valence-electron chi connectivity index (χ2n) is 2.77. The maximum Gasteiger partial charge on any atom is 0.491 e. The Morgan fingerprint density at radius 2 is 2.06 bits per heavy atom. The molecule has 16 heavy (non-hydrogen) atoms. The van der Waals surface area contributed by atoms with Crippen LogP contribution in [0.4, 0.5) is 18.9 Å². The highest BCUT2D eigenvalue weighted by Gasteiger charge is 2.41. The van der Waals surface area contributed by atoms with E-state index in [1.165, 1.54) is 18.2 Å². The highest BCUT2D eigenvalue weighted by atomic mass is 32.2. The first kappa shape index (κ1) is 12.7. The molecule has 1 rings (SSSR count). The minimum absolute atomic E-state index is 0.185. The van der Waals surface area contributed by atoms with E-state index in [9.17, 15) is 18.0 Å². The minimum atomic E-state index is -5.01. The van der Waals surface area contributed by atoms with E-state index >= 15 is 0 Å². The fraction of sp³-hybridized carbons (Fsp3) is 0.222. The molecule has 2 N–H and O–H groups in total. The van der Waals surface area contributed by atoms with Crippen LogP contribution < -0.4 is 10.5 Å². The fourth-order valence-corrected chi connectivity index (χ4v) is 1.60. The van der Waals surface area contributed by atoms with E-state index < -0.39 is 12.1 Å². The molecule has 1 aromatic rings. The second-order valence-corrected chi connectivity index (χ2v) is 3.58. The Kier molecular flexibility index (Phi) is 3.69. The van der Waals surface area contributed by atoms with Crippen molar-refractivity contribution in [3.8, 4) is 5.75 Å². The van der Waals surface area contributed by atoms with Gasteiger partial charge in [0, 0.05) is 5.69 Å². The molecule has 0 aliphatic heterocycles. The van der Waals surface area contributed by atoms with Crippen LogP contribution in [0.25, 0.3) is 0 Å². The van der Waals surface area contributed by atoms with Crippen molar-refractivity contribution in [3.63, 3.8) is 0 Å². The number of carbonyl (C=O) groups excluding carboxylic acids is 1. The number of nitrogen functional groups attached to an aromatic ring is 1. The number of carbonyl (C=O) groups is 1. The first-order valence-electron chi connectivity index (χ1n) is 4.07. The third-order valence-electron chi connectivity index (χ3n) is 1.65. The zero-order valence-corrected chi connectivity index (χ0v) is 8.98. The normalized spacial score (nSPS) is 11.2. The highest BCUT2D eigenvalue weighted by molar-refractivity contribution is 7.98.